The second-order valence-electron chi connectivity index (χ2n) is 5.67. The topological polar surface area (TPSA) is 63.4 Å². The zero-order chi connectivity index (χ0) is 12.4. The highest BCUT2D eigenvalue weighted by Crippen LogP contribution is 2.17. The Bertz CT molecular complexity index is 325. The number of likely N-dealkylation sites (tertiary alicyclic amines) is 1. The van der Waals surface area contributed by atoms with Crippen molar-refractivity contribution in [2.75, 3.05) is 25.9 Å². The Labute approximate surface area is 111 Å². The zero-order valence-electron chi connectivity index (χ0n) is 11.0. The van der Waals surface area contributed by atoms with Gasteiger partial charge in [0.25, 0.3) is 0 Å². The molecule has 1 aliphatic heterocycles. The quantitative estimate of drug-likeness (QED) is 0.841. The van der Waals surface area contributed by atoms with E-state index >= 15 is 0 Å². The fourth-order valence-electron chi connectivity index (χ4n) is 2.25. The second kappa shape index (κ2) is 6.36. The number of nitrogens with two attached hydrogens (primary N) is 1. The van der Waals surface area contributed by atoms with Crippen molar-refractivity contribution in [3.8, 4) is 0 Å². The maximum absolute atomic E-state index is 11.6. The molecule has 1 rings (SSSR count). The van der Waals surface area contributed by atoms with Crippen LogP contribution in [0.2, 0.25) is 0 Å². The second-order valence-corrected chi connectivity index (χ2v) is 8.00. The van der Waals surface area contributed by atoms with Crippen LogP contribution in [0.3, 0.4) is 0 Å². The SMILES string of the molecule is CC(C)(N)CN1CCCCC(S(C)(=O)=O)C1.Cl. The average Bonchev–Trinajstić information content (AvgIpc) is 2.25. The van der Waals surface area contributed by atoms with Gasteiger partial charge in [-0.15, -0.1) is 12.4 Å². The van der Waals surface area contributed by atoms with Gasteiger partial charge >= 0.3 is 0 Å². The first kappa shape index (κ1) is 17.2. The number of halogens is 1. The molecule has 1 aliphatic rings. The van der Waals surface area contributed by atoms with Crippen LogP contribution in [0.15, 0.2) is 0 Å². The van der Waals surface area contributed by atoms with Gasteiger partial charge in [-0.05, 0) is 33.2 Å². The minimum atomic E-state index is -2.92. The molecule has 0 aliphatic carbocycles. The van der Waals surface area contributed by atoms with Crippen molar-refractivity contribution >= 4 is 22.2 Å². The average molecular weight is 285 g/mol. The lowest BCUT2D eigenvalue weighted by atomic mass is 10.1. The zero-order valence-corrected chi connectivity index (χ0v) is 12.6. The number of nitrogens with zero attached hydrogens (tertiary/aromatic N) is 1. The smallest absolute Gasteiger partial charge is 0.151 e. The molecule has 1 saturated heterocycles. The third-order valence-corrected chi connectivity index (χ3v) is 4.54. The fourth-order valence-corrected chi connectivity index (χ4v) is 3.32. The molecule has 6 heteroatoms. The Morgan fingerprint density at radius 1 is 1.35 bits per heavy atom. The third-order valence-electron chi connectivity index (χ3n) is 2.95. The minimum Gasteiger partial charge on any atom is -0.324 e. The summed E-state index contributed by atoms with van der Waals surface area (Å²) in [5.41, 5.74) is 5.72. The summed E-state index contributed by atoms with van der Waals surface area (Å²) >= 11 is 0. The van der Waals surface area contributed by atoms with Crippen molar-refractivity contribution in [3.63, 3.8) is 0 Å². The van der Waals surface area contributed by atoms with Crippen LogP contribution in [0.25, 0.3) is 0 Å². The van der Waals surface area contributed by atoms with Crippen molar-refractivity contribution < 1.29 is 8.42 Å². The van der Waals surface area contributed by atoms with Crippen LogP contribution in [0.1, 0.15) is 33.1 Å². The molecule has 1 atom stereocenters. The number of sulfone groups is 1. The molecular formula is C11H25ClN2O2S. The maximum Gasteiger partial charge on any atom is 0.151 e. The molecule has 1 unspecified atom stereocenters. The molecule has 0 aromatic heterocycles. The Morgan fingerprint density at radius 3 is 2.41 bits per heavy atom. The first-order valence-corrected chi connectivity index (χ1v) is 7.84. The molecule has 0 aromatic rings. The molecule has 1 heterocycles. The first-order chi connectivity index (χ1) is 7.18. The van der Waals surface area contributed by atoms with E-state index in [-0.39, 0.29) is 23.2 Å². The van der Waals surface area contributed by atoms with E-state index in [1.165, 1.54) is 6.26 Å². The molecule has 0 radical (unpaired) electrons. The van der Waals surface area contributed by atoms with Crippen molar-refractivity contribution in [2.24, 2.45) is 5.73 Å². The van der Waals surface area contributed by atoms with E-state index in [0.29, 0.717) is 6.54 Å². The van der Waals surface area contributed by atoms with Gasteiger partial charge in [-0.2, -0.15) is 0 Å². The monoisotopic (exact) mass is 284 g/mol. The van der Waals surface area contributed by atoms with Gasteiger partial charge in [-0.1, -0.05) is 6.42 Å². The molecule has 0 spiro atoms. The Hall–Kier alpha value is 0.160. The number of rotatable bonds is 3. The molecule has 0 amide bonds. The lowest BCUT2D eigenvalue weighted by Crippen LogP contribution is -2.47. The molecule has 0 bridgehead atoms. The van der Waals surface area contributed by atoms with E-state index in [2.05, 4.69) is 4.90 Å². The number of hydrogen-bond donors (Lipinski definition) is 1. The summed E-state index contributed by atoms with van der Waals surface area (Å²) in [7, 11) is -2.92. The summed E-state index contributed by atoms with van der Waals surface area (Å²) in [6.07, 6.45) is 4.20. The van der Waals surface area contributed by atoms with Gasteiger partial charge in [-0.3, -0.25) is 0 Å². The molecular weight excluding hydrogens is 260 g/mol. The summed E-state index contributed by atoms with van der Waals surface area (Å²) < 4.78 is 23.2. The van der Waals surface area contributed by atoms with Crippen molar-refractivity contribution in [2.45, 2.75) is 43.9 Å². The summed E-state index contributed by atoms with van der Waals surface area (Å²) in [5, 5.41) is -0.211. The van der Waals surface area contributed by atoms with Crippen LogP contribution < -0.4 is 5.73 Å². The van der Waals surface area contributed by atoms with E-state index in [4.69, 9.17) is 5.73 Å². The predicted octanol–water partition coefficient (Wildman–Crippen LogP) is 1.04. The third kappa shape index (κ3) is 6.60. The van der Waals surface area contributed by atoms with Crippen molar-refractivity contribution in [1.29, 1.82) is 0 Å². The standard InChI is InChI=1S/C11H24N2O2S.ClH/c1-11(2,12)9-13-7-5-4-6-10(8-13)16(3,14)15;/h10H,4-9,12H2,1-3H3;1H. The van der Waals surface area contributed by atoms with Crippen LogP contribution in [-0.2, 0) is 9.84 Å². The van der Waals surface area contributed by atoms with E-state index in [0.717, 1.165) is 32.4 Å². The number of hydrogen-bond acceptors (Lipinski definition) is 4. The molecule has 17 heavy (non-hydrogen) atoms. The highest BCUT2D eigenvalue weighted by molar-refractivity contribution is 7.91. The first-order valence-electron chi connectivity index (χ1n) is 5.88. The Kier molecular flexibility index (Phi) is 6.42. The minimum absolute atomic E-state index is 0. The van der Waals surface area contributed by atoms with Crippen molar-refractivity contribution in [1.82, 2.24) is 4.90 Å². The molecule has 2 N–H and O–H groups in total. The summed E-state index contributed by atoms with van der Waals surface area (Å²) in [5.74, 6) is 0. The summed E-state index contributed by atoms with van der Waals surface area (Å²) in [4.78, 5) is 2.19. The van der Waals surface area contributed by atoms with Crippen LogP contribution in [0, 0.1) is 0 Å². The Balaban J connectivity index is 0.00000256. The lowest BCUT2D eigenvalue weighted by Gasteiger charge is -2.30. The summed E-state index contributed by atoms with van der Waals surface area (Å²) in [6.45, 7) is 6.33. The molecule has 104 valence electrons. The van der Waals surface area contributed by atoms with E-state index < -0.39 is 9.84 Å². The highest BCUT2D eigenvalue weighted by atomic mass is 35.5. The fraction of sp³-hybridized carbons (Fsp3) is 1.00. The van der Waals surface area contributed by atoms with Gasteiger partial charge in [0.2, 0.25) is 0 Å². The Morgan fingerprint density at radius 2 is 1.94 bits per heavy atom. The molecule has 0 aromatic carbocycles. The van der Waals surface area contributed by atoms with Crippen LogP contribution in [0.5, 0.6) is 0 Å². The highest BCUT2D eigenvalue weighted by Gasteiger charge is 2.27. The normalized spacial score (nSPS) is 23.9. The van der Waals surface area contributed by atoms with Gasteiger partial charge in [0.1, 0.15) is 0 Å². The largest absolute Gasteiger partial charge is 0.324 e. The van der Waals surface area contributed by atoms with Gasteiger partial charge in [0.15, 0.2) is 9.84 Å². The predicted molar refractivity (Wildman–Crippen MR) is 74.4 cm³/mol. The van der Waals surface area contributed by atoms with Crippen LogP contribution >= 0.6 is 12.4 Å². The van der Waals surface area contributed by atoms with Crippen molar-refractivity contribution in [3.05, 3.63) is 0 Å². The lowest BCUT2D eigenvalue weighted by molar-refractivity contribution is 0.234. The van der Waals surface area contributed by atoms with Gasteiger partial charge in [0, 0.05) is 24.9 Å². The maximum atomic E-state index is 11.6. The molecule has 1 fully saturated rings. The molecule has 0 saturated carbocycles. The summed E-state index contributed by atoms with van der Waals surface area (Å²) in [6, 6.07) is 0. The van der Waals surface area contributed by atoms with E-state index in [9.17, 15) is 8.42 Å². The van der Waals surface area contributed by atoms with Gasteiger partial charge in [0.05, 0.1) is 5.25 Å². The molecule has 4 nitrogen and oxygen atoms in total. The van der Waals surface area contributed by atoms with Crippen LogP contribution in [0.4, 0.5) is 0 Å². The van der Waals surface area contributed by atoms with Crippen LogP contribution in [-0.4, -0.2) is 50.0 Å². The van der Waals surface area contributed by atoms with E-state index in [1.807, 2.05) is 13.8 Å². The van der Waals surface area contributed by atoms with Gasteiger partial charge in [-0.25, -0.2) is 8.42 Å². The van der Waals surface area contributed by atoms with Gasteiger partial charge < -0.3 is 10.6 Å². The van der Waals surface area contributed by atoms with E-state index in [1.54, 1.807) is 0 Å².